The number of allylic oxidation sites excluding steroid dienone is 2. The summed E-state index contributed by atoms with van der Waals surface area (Å²) in [7, 11) is -3.80. The molecule has 0 aliphatic carbocycles. The third-order valence-corrected chi connectivity index (χ3v) is 5.33. The van der Waals surface area contributed by atoms with Crippen LogP contribution in [0.1, 0.15) is 32.3 Å². The fraction of sp³-hybridized carbons (Fsp3) is 0.375. The van der Waals surface area contributed by atoms with Gasteiger partial charge in [-0.05, 0) is 31.1 Å². The quantitative estimate of drug-likeness (QED) is 0.725. The Bertz CT molecular complexity index is 849. The highest BCUT2D eigenvalue weighted by Crippen LogP contribution is 2.26. The van der Waals surface area contributed by atoms with E-state index in [2.05, 4.69) is 14.8 Å². The summed E-state index contributed by atoms with van der Waals surface area (Å²) in [6, 6.07) is 3.03. The molecule has 6 nitrogen and oxygen atoms in total. The topological polar surface area (TPSA) is 76.9 Å². The maximum Gasteiger partial charge on any atom is 0.236 e. The molecule has 0 amide bonds. The number of hydrogen-bond donors (Lipinski definition) is 1. The van der Waals surface area contributed by atoms with Crippen LogP contribution in [0.25, 0.3) is 5.57 Å². The lowest BCUT2D eigenvalue weighted by Crippen LogP contribution is -2.26. The van der Waals surface area contributed by atoms with E-state index in [9.17, 15) is 17.2 Å². The molecule has 0 atom stereocenters. The first kappa shape index (κ1) is 19.2. The fourth-order valence-electron chi connectivity index (χ4n) is 2.25. The zero-order chi connectivity index (χ0) is 18.4. The molecule has 1 aromatic heterocycles. The number of nitrogens with zero attached hydrogens (tertiary/aromatic N) is 3. The average Bonchev–Trinajstić information content (AvgIpc) is 3.06. The fourth-order valence-corrected chi connectivity index (χ4v) is 3.38. The van der Waals surface area contributed by atoms with E-state index in [1.807, 2.05) is 6.92 Å². The molecule has 0 aliphatic heterocycles. The molecule has 0 aliphatic rings. The lowest BCUT2D eigenvalue weighted by molar-refractivity contribution is 0.578. The maximum absolute atomic E-state index is 14.2. The van der Waals surface area contributed by atoms with Gasteiger partial charge in [-0.15, -0.1) is 0 Å². The number of nitrogens with one attached hydrogen (secondary N) is 1. The van der Waals surface area contributed by atoms with Crippen LogP contribution in [0.2, 0.25) is 0 Å². The zero-order valence-electron chi connectivity index (χ0n) is 14.0. The van der Waals surface area contributed by atoms with Crippen LogP contribution in [0.4, 0.5) is 8.78 Å². The van der Waals surface area contributed by atoms with E-state index in [-0.39, 0.29) is 22.6 Å². The summed E-state index contributed by atoms with van der Waals surface area (Å²) in [5.41, 5.74) is 0.197. The van der Waals surface area contributed by atoms with Crippen LogP contribution in [0, 0.1) is 11.6 Å². The molecule has 1 aromatic carbocycles. The van der Waals surface area contributed by atoms with Gasteiger partial charge in [0.2, 0.25) is 10.0 Å². The minimum Gasteiger partial charge on any atom is -0.248 e. The molecule has 9 heteroatoms. The van der Waals surface area contributed by atoms with Gasteiger partial charge in [-0.2, -0.15) is 5.10 Å². The van der Waals surface area contributed by atoms with Crippen molar-refractivity contribution < 1.29 is 17.2 Å². The summed E-state index contributed by atoms with van der Waals surface area (Å²) >= 11 is 0. The lowest BCUT2D eigenvalue weighted by Gasteiger charge is -2.15. The molecule has 136 valence electrons. The highest BCUT2D eigenvalue weighted by Gasteiger charge is 2.21. The highest BCUT2D eigenvalue weighted by molar-refractivity contribution is 7.93. The SMILES string of the molecule is CCCCNS(=O)(=O)/C(C)=C(\Cn1cncn1)c1ccc(F)cc1F. The smallest absolute Gasteiger partial charge is 0.236 e. The third kappa shape index (κ3) is 4.93. The molecular weight excluding hydrogens is 350 g/mol. The van der Waals surface area contributed by atoms with Crippen LogP contribution in [-0.4, -0.2) is 29.7 Å². The van der Waals surface area contributed by atoms with Crippen molar-refractivity contribution in [3.8, 4) is 0 Å². The Labute approximate surface area is 145 Å². The number of rotatable bonds is 8. The van der Waals surface area contributed by atoms with Crippen molar-refractivity contribution in [2.45, 2.75) is 33.2 Å². The molecule has 0 saturated carbocycles. The van der Waals surface area contributed by atoms with E-state index in [1.54, 1.807) is 0 Å². The molecule has 1 heterocycles. The second-order valence-electron chi connectivity index (χ2n) is 5.50. The van der Waals surface area contributed by atoms with Crippen molar-refractivity contribution in [3.05, 3.63) is 53.0 Å². The van der Waals surface area contributed by atoms with E-state index < -0.39 is 21.7 Å². The monoisotopic (exact) mass is 370 g/mol. The van der Waals surface area contributed by atoms with Gasteiger partial charge in [0.15, 0.2) is 0 Å². The van der Waals surface area contributed by atoms with Gasteiger partial charge in [0.05, 0.1) is 11.4 Å². The summed E-state index contributed by atoms with van der Waals surface area (Å²) in [4.78, 5) is 3.76. The first-order valence-corrected chi connectivity index (χ1v) is 9.30. The molecule has 0 bridgehead atoms. The van der Waals surface area contributed by atoms with Crippen LogP contribution in [0.3, 0.4) is 0 Å². The maximum atomic E-state index is 14.2. The largest absolute Gasteiger partial charge is 0.248 e. The highest BCUT2D eigenvalue weighted by atomic mass is 32.2. The molecule has 0 saturated heterocycles. The van der Waals surface area contributed by atoms with Gasteiger partial charge in [0, 0.05) is 18.2 Å². The summed E-state index contributed by atoms with van der Waals surface area (Å²) in [5.74, 6) is -1.57. The predicted molar refractivity (Wildman–Crippen MR) is 90.8 cm³/mol. The van der Waals surface area contributed by atoms with E-state index in [1.165, 1.54) is 30.3 Å². The van der Waals surface area contributed by atoms with Gasteiger partial charge >= 0.3 is 0 Å². The Kier molecular flexibility index (Phi) is 6.38. The Morgan fingerprint density at radius 3 is 2.68 bits per heavy atom. The summed E-state index contributed by atoms with van der Waals surface area (Å²) in [6.45, 7) is 3.62. The summed E-state index contributed by atoms with van der Waals surface area (Å²) < 4.78 is 56.4. The molecule has 1 N–H and O–H groups in total. The first-order valence-electron chi connectivity index (χ1n) is 7.82. The van der Waals surface area contributed by atoms with Gasteiger partial charge in [-0.3, -0.25) is 0 Å². The van der Waals surface area contributed by atoms with Crippen molar-refractivity contribution >= 4 is 15.6 Å². The second-order valence-corrected chi connectivity index (χ2v) is 7.41. The van der Waals surface area contributed by atoms with E-state index >= 15 is 0 Å². The number of unbranched alkanes of at least 4 members (excludes halogenated alkanes) is 1. The number of aromatic nitrogens is 3. The van der Waals surface area contributed by atoms with E-state index in [4.69, 9.17) is 0 Å². The van der Waals surface area contributed by atoms with Crippen LogP contribution >= 0.6 is 0 Å². The van der Waals surface area contributed by atoms with Gasteiger partial charge < -0.3 is 0 Å². The van der Waals surface area contributed by atoms with Gasteiger partial charge in [-0.25, -0.2) is 31.6 Å². The molecule has 2 aromatic rings. The summed E-state index contributed by atoms with van der Waals surface area (Å²) in [6.07, 6.45) is 4.22. The average molecular weight is 370 g/mol. The Balaban J connectivity index is 2.49. The number of benzene rings is 1. The van der Waals surface area contributed by atoms with Crippen molar-refractivity contribution in [1.82, 2.24) is 19.5 Å². The normalized spacial score (nSPS) is 13.0. The molecule has 0 fully saturated rings. The van der Waals surface area contributed by atoms with Crippen LogP contribution in [-0.2, 0) is 16.6 Å². The molecule has 2 rings (SSSR count). The molecule has 0 spiro atoms. The van der Waals surface area contributed by atoms with Crippen molar-refractivity contribution in [2.24, 2.45) is 0 Å². The van der Waals surface area contributed by atoms with Crippen molar-refractivity contribution in [1.29, 1.82) is 0 Å². The van der Waals surface area contributed by atoms with Gasteiger partial charge in [0.25, 0.3) is 0 Å². The van der Waals surface area contributed by atoms with Crippen molar-refractivity contribution in [2.75, 3.05) is 6.54 Å². The van der Waals surface area contributed by atoms with Crippen LogP contribution in [0.15, 0.2) is 35.8 Å². The second kappa shape index (κ2) is 8.30. The lowest BCUT2D eigenvalue weighted by atomic mass is 10.0. The van der Waals surface area contributed by atoms with Crippen LogP contribution < -0.4 is 4.72 Å². The van der Waals surface area contributed by atoms with E-state index in [0.29, 0.717) is 13.0 Å². The van der Waals surface area contributed by atoms with Crippen molar-refractivity contribution in [3.63, 3.8) is 0 Å². The molecular formula is C16H20F2N4O2S. The first-order chi connectivity index (χ1) is 11.8. The Morgan fingerprint density at radius 2 is 2.08 bits per heavy atom. The van der Waals surface area contributed by atoms with Crippen LogP contribution in [0.5, 0.6) is 0 Å². The number of halogens is 2. The van der Waals surface area contributed by atoms with Gasteiger partial charge in [-0.1, -0.05) is 13.3 Å². The van der Waals surface area contributed by atoms with E-state index in [0.717, 1.165) is 18.6 Å². The standard InChI is InChI=1S/C16H20F2N4O2S/c1-3-4-7-21-25(23,24)12(2)15(9-22-11-19-10-20-22)14-6-5-13(17)8-16(14)18/h5-6,8,10-11,21H,3-4,7,9H2,1-2H3/b15-12+. The number of sulfonamides is 1. The zero-order valence-corrected chi connectivity index (χ0v) is 14.9. The molecule has 25 heavy (non-hydrogen) atoms. The predicted octanol–water partition coefficient (Wildman–Crippen LogP) is 2.71. The number of hydrogen-bond acceptors (Lipinski definition) is 4. The minimum atomic E-state index is -3.80. The third-order valence-electron chi connectivity index (χ3n) is 3.69. The Hall–Kier alpha value is -2.13. The summed E-state index contributed by atoms with van der Waals surface area (Å²) in [5, 5.41) is 3.93. The minimum absolute atomic E-state index is 0.00951. The molecule has 0 unspecified atom stereocenters. The van der Waals surface area contributed by atoms with Gasteiger partial charge in [0.1, 0.15) is 24.3 Å². The molecule has 0 radical (unpaired) electrons. The Morgan fingerprint density at radius 1 is 1.32 bits per heavy atom.